The van der Waals surface area contributed by atoms with Crippen molar-refractivity contribution >= 4 is 23.1 Å². The highest BCUT2D eigenvalue weighted by molar-refractivity contribution is 7.80. The summed E-state index contributed by atoms with van der Waals surface area (Å²) in [5.74, 6) is 0.991. The van der Waals surface area contributed by atoms with Gasteiger partial charge in [-0.2, -0.15) is 0 Å². The number of carbonyl (C=O) groups excluding carboxylic acids is 1. The van der Waals surface area contributed by atoms with E-state index in [2.05, 4.69) is 4.90 Å². The number of piperidine rings is 1. The summed E-state index contributed by atoms with van der Waals surface area (Å²) in [6.45, 7) is 0.921. The molecule has 0 spiro atoms. The molecule has 3 fully saturated rings. The molecule has 1 heterocycles. The highest BCUT2D eigenvalue weighted by Crippen LogP contribution is 2.43. The average molecular weight is 294 g/mol. The quantitative estimate of drug-likeness (QED) is 0.796. The van der Waals surface area contributed by atoms with Crippen LogP contribution in [0.3, 0.4) is 0 Å². The topological polar surface area (TPSA) is 46.3 Å². The minimum absolute atomic E-state index is 0.263. The van der Waals surface area contributed by atoms with Gasteiger partial charge in [0.15, 0.2) is 0 Å². The minimum atomic E-state index is -0.505. The number of likely N-dealkylation sites (tertiary alicyclic amines) is 1. The molecule has 2 saturated carbocycles. The van der Waals surface area contributed by atoms with E-state index in [1.165, 1.54) is 32.1 Å². The van der Waals surface area contributed by atoms with E-state index in [0.717, 1.165) is 44.6 Å². The molecule has 2 aliphatic carbocycles. The van der Waals surface area contributed by atoms with Gasteiger partial charge in [-0.15, -0.1) is 0 Å². The first-order valence-electron chi connectivity index (χ1n) is 8.26. The van der Waals surface area contributed by atoms with Crippen molar-refractivity contribution in [3.05, 3.63) is 0 Å². The van der Waals surface area contributed by atoms with Crippen LogP contribution in [-0.2, 0) is 4.79 Å². The molecular formula is C16H26N2OS. The zero-order chi connectivity index (χ0) is 14.2. The minimum Gasteiger partial charge on any atom is -0.392 e. The van der Waals surface area contributed by atoms with Gasteiger partial charge in [-0.25, -0.2) is 0 Å². The molecule has 0 aromatic carbocycles. The molecule has 112 valence electrons. The Labute approximate surface area is 127 Å². The number of fused-ring (bicyclic) bond motifs is 1. The van der Waals surface area contributed by atoms with Crippen LogP contribution in [0, 0.1) is 11.3 Å². The molecule has 0 aromatic heterocycles. The van der Waals surface area contributed by atoms with E-state index in [9.17, 15) is 4.79 Å². The van der Waals surface area contributed by atoms with Crippen LogP contribution < -0.4 is 5.73 Å². The van der Waals surface area contributed by atoms with Gasteiger partial charge in [0.2, 0.25) is 5.91 Å². The fraction of sp³-hybridized carbons (Fsp3) is 0.875. The van der Waals surface area contributed by atoms with E-state index in [1.807, 2.05) is 0 Å². The van der Waals surface area contributed by atoms with Crippen molar-refractivity contribution in [1.29, 1.82) is 0 Å². The first kappa shape index (κ1) is 14.3. The molecule has 0 radical (unpaired) electrons. The molecule has 0 bridgehead atoms. The maximum absolute atomic E-state index is 13.2. The second-order valence-corrected chi connectivity index (χ2v) is 7.35. The molecule has 4 heteroatoms. The summed E-state index contributed by atoms with van der Waals surface area (Å²) in [6.07, 6.45) is 11.5. The molecule has 1 saturated heterocycles. The van der Waals surface area contributed by atoms with Crippen molar-refractivity contribution in [3.8, 4) is 0 Å². The molecule has 20 heavy (non-hydrogen) atoms. The first-order valence-corrected chi connectivity index (χ1v) is 8.67. The van der Waals surface area contributed by atoms with Crippen molar-refractivity contribution in [1.82, 2.24) is 4.90 Å². The fourth-order valence-electron chi connectivity index (χ4n) is 4.70. The monoisotopic (exact) mass is 294 g/mol. The van der Waals surface area contributed by atoms with Crippen LogP contribution in [0.2, 0.25) is 0 Å². The molecule has 2 atom stereocenters. The maximum Gasteiger partial charge on any atom is 0.235 e. The third-order valence-corrected chi connectivity index (χ3v) is 6.23. The van der Waals surface area contributed by atoms with Crippen LogP contribution in [0.4, 0.5) is 0 Å². The van der Waals surface area contributed by atoms with Crippen LogP contribution in [0.25, 0.3) is 0 Å². The zero-order valence-electron chi connectivity index (χ0n) is 12.3. The molecule has 0 aromatic rings. The Kier molecular flexibility index (Phi) is 4.02. The van der Waals surface area contributed by atoms with Crippen LogP contribution in [-0.4, -0.2) is 28.4 Å². The highest BCUT2D eigenvalue weighted by Gasteiger charge is 2.49. The highest BCUT2D eigenvalue weighted by atomic mass is 32.1. The number of carbonyl (C=O) groups is 1. The van der Waals surface area contributed by atoms with E-state index in [-0.39, 0.29) is 5.91 Å². The number of hydrogen-bond donors (Lipinski definition) is 1. The number of nitrogens with two attached hydrogens (primary N) is 1. The molecule has 2 N–H and O–H groups in total. The van der Waals surface area contributed by atoms with Gasteiger partial charge in [0.1, 0.15) is 0 Å². The summed E-state index contributed by atoms with van der Waals surface area (Å²) < 4.78 is 0. The number of nitrogens with zero attached hydrogens (tertiary/aromatic N) is 1. The molecular weight excluding hydrogens is 268 g/mol. The third kappa shape index (κ3) is 2.26. The lowest BCUT2D eigenvalue weighted by Crippen LogP contribution is -2.56. The summed E-state index contributed by atoms with van der Waals surface area (Å²) in [5, 5.41) is 0. The van der Waals surface area contributed by atoms with Crippen LogP contribution in [0.15, 0.2) is 0 Å². The lowest BCUT2D eigenvalue weighted by atomic mass is 9.76. The number of thiocarbonyl (C=S) groups is 1. The standard InChI is InChI=1S/C16H26N2OS/c17-14(20)16(9-3-4-10-16)15(19)18-11-5-7-12-6-1-2-8-13(12)18/h12-13H,1-11H2,(H2,17,20). The molecule has 2 unspecified atom stereocenters. The SMILES string of the molecule is NC(=S)C1(C(=O)N2CCCC3CCCCC32)CCCC1. The Balaban J connectivity index is 1.83. The van der Waals surface area contributed by atoms with Gasteiger partial charge < -0.3 is 10.6 Å². The van der Waals surface area contributed by atoms with Gasteiger partial charge in [0.25, 0.3) is 0 Å². The number of rotatable bonds is 2. The Bertz CT molecular complexity index is 401. The van der Waals surface area contributed by atoms with Crippen LogP contribution >= 0.6 is 12.2 Å². The summed E-state index contributed by atoms with van der Waals surface area (Å²) in [7, 11) is 0. The smallest absolute Gasteiger partial charge is 0.235 e. The van der Waals surface area contributed by atoms with Crippen molar-refractivity contribution in [3.63, 3.8) is 0 Å². The molecule has 3 aliphatic rings. The summed E-state index contributed by atoms with van der Waals surface area (Å²) in [5.41, 5.74) is 5.49. The molecule has 1 amide bonds. The molecule has 3 nitrogen and oxygen atoms in total. The summed E-state index contributed by atoms with van der Waals surface area (Å²) >= 11 is 5.29. The molecule has 1 aliphatic heterocycles. The van der Waals surface area contributed by atoms with Crippen molar-refractivity contribution < 1.29 is 4.79 Å². The number of amides is 1. The van der Waals surface area contributed by atoms with Gasteiger partial charge >= 0.3 is 0 Å². The predicted molar refractivity (Wildman–Crippen MR) is 84.4 cm³/mol. The van der Waals surface area contributed by atoms with Gasteiger partial charge in [0.05, 0.1) is 10.4 Å². The Hall–Kier alpha value is -0.640. The van der Waals surface area contributed by atoms with E-state index in [4.69, 9.17) is 18.0 Å². The Morgan fingerprint density at radius 1 is 1.05 bits per heavy atom. The second-order valence-electron chi connectivity index (χ2n) is 6.91. The predicted octanol–water partition coefficient (Wildman–Crippen LogP) is 3.01. The van der Waals surface area contributed by atoms with Crippen LogP contribution in [0.1, 0.15) is 64.2 Å². The van der Waals surface area contributed by atoms with Crippen molar-refractivity contribution in [2.24, 2.45) is 17.1 Å². The van der Waals surface area contributed by atoms with Gasteiger partial charge in [-0.05, 0) is 44.4 Å². The normalized spacial score (nSPS) is 32.7. The van der Waals surface area contributed by atoms with Gasteiger partial charge in [0, 0.05) is 12.6 Å². The van der Waals surface area contributed by atoms with Crippen molar-refractivity contribution in [2.75, 3.05) is 6.54 Å². The molecule has 3 rings (SSSR count). The maximum atomic E-state index is 13.2. The lowest BCUT2D eigenvalue weighted by Gasteiger charge is -2.47. The van der Waals surface area contributed by atoms with E-state index < -0.39 is 5.41 Å². The first-order chi connectivity index (χ1) is 9.65. The second kappa shape index (κ2) is 5.63. The Morgan fingerprint density at radius 3 is 2.40 bits per heavy atom. The fourth-order valence-corrected chi connectivity index (χ4v) is 4.99. The van der Waals surface area contributed by atoms with Gasteiger partial charge in [-0.1, -0.05) is 37.9 Å². The lowest BCUT2D eigenvalue weighted by molar-refractivity contribution is -0.144. The van der Waals surface area contributed by atoms with Crippen LogP contribution in [0.5, 0.6) is 0 Å². The van der Waals surface area contributed by atoms with E-state index in [1.54, 1.807) is 0 Å². The van der Waals surface area contributed by atoms with Gasteiger partial charge in [-0.3, -0.25) is 4.79 Å². The van der Waals surface area contributed by atoms with E-state index in [0.29, 0.717) is 11.0 Å². The Morgan fingerprint density at radius 2 is 1.70 bits per heavy atom. The van der Waals surface area contributed by atoms with Crippen molar-refractivity contribution in [2.45, 2.75) is 70.3 Å². The largest absolute Gasteiger partial charge is 0.392 e. The third-order valence-electron chi connectivity index (χ3n) is 5.84. The summed E-state index contributed by atoms with van der Waals surface area (Å²) in [4.78, 5) is 15.8. The average Bonchev–Trinajstić information content (AvgIpc) is 2.97. The zero-order valence-corrected chi connectivity index (χ0v) is 13.1. The van der Waals surface area contributed by atoms with E-state index >= 15 is 0 Å². The summed E-state index contributed by atoms with van der Waals surface area (Å²) in [6, 6.07) is 0.469. The number of hydrogen-bond acceptors (Lipinski definition) is 2.